The highest BCUT2D eigenvalue weighted by Gasteiger charge is 2.54. The number of nitrogens with zero attached hydrogens (tertiary/aromatic N) is 4. The van der Waals surface area contributed by atoms with E-state index in [0.29, 0.717) is 36.8 Å². The number of nitrogens with two attached hydrogens (primary N) is 2. The van der Waals surface area contributed by atoms with Crippen molar-refractivity contribution in [3.8, 4) is 0 Å². The van der Waals surface area contributed by atoms with E-state index in [1.165, 1.54) is 29.5 Å². The van der Waals surface area contributed by atoms with Crippen LogP contribution in [0, 0.1) is 11.8 Å². The molecule has 1 unspecified atom stereocenters. The van der Waals surface area contributed by atoms with Gasteiger partial charge in [0.1, 0.15) is 23.2 Å². The van der Waals surface area contributed by atoms with E-state index >= 15 is 0 Å². The predicted molar refractivity (Wildman–Crippen MR) is 249 cm³/mol. The van der Waals surface area contributed by atoms with Crippen LogP contribution in [-0.4, -0.2) is 105 Å². The van der Waals surface area contributed by atoms with Crippen LogP contribution in [0.2, 0.25) is 0 Å². The molecule has 1 aliphatic carbocycles. The van der Waals surface area contributed by atoms with Gasteiger partial charge in [-0.2, -0.15) is 0 Å². The van der Waals surface area contributed by atoms with E-state index in [-0.39, 0.29) is 36.3 Å². The Kier molecular flexibility index (Phi) is 13.6. The number of hydrogen-bond acceptors (Lipinski definition) is 6. The van der Waals surface area contributed by atoms with Gasteiger partial charge in [0.15, 0.2) is 0 Å². The fourth-order valence-corrected chi connectivity index (χ4v) is 10.9. The van der Waals surface area contributed by atoms with E-state index in [1.54, 1.807) is 27.7 Å². The summed E-state index contributed by atoms with van der Waals surface area (Å²) in [5.41, 5.74) is 17.0. The molecule has 0 radical (unpaired) electrons. The highest BCUT2D eigenvalue weighted by Crippen LogP contribution is 2.50. The van der Waals surface area contributed by atoms with Gasteiger partial charge in [-0.05, 0) is 100 Å². The average Bonchev–Trinajstić information content (AvgIpc) is 4.02. The molecule has 2 aliphatic heterocycles. The number of primary amides is 2. The zero-order chi connectivity index (χ0) is 47.9. The summed E-state index contributed by atoms with van der Waals surface area (Å²) >= 11 is 0. The first-order valence-corrected chi connectivity index (χ1v) is 22.7. The molecule has 5 atom stereocenters. The van der Waals surface area contributed by atoms with Gasteiger partial charge in [0.2, 0.25) is 23.6 Å². The fraction of sp³-hybridized carbons (Fsp3) is 0.490. The summed E-state index contributed by atoms with van der Waals surface area (Å²) in [7, 11) is 2.73. The van der Waals surface area contributed by atoms with Gasteiger partial charge in [-0.3, -0.25) is 29.0 Å². The van der Waals surface area contributed by atoms with Crippen LogP contribution in [0.5, 0.6) is 0 Å². The second kappa shape index (κ2) is 18.4. The molecule has 3 aromatic rings. The minimum absolute atomic E-state index is 0.0568. The van der Waals surface area contributed by atoms with Crippen LogP contribution >= 0.6 is 0 Å². The Morgan fingerprint density at radius 1 is 0.646 bits per heavy atom. The van der Waals surface area contributed by atoms with Crippen molar-refractivity contribution >= 4 is 47.0 Å². The summed E-state index contributed by atoms with van der Waals surface area (Å²) in [6.07, 6.45) is 0.690. The standard InChI is InChI=1S/C51H66N6O8/c1-30(2)41(54(8)47(62)63)43(58)56-28-10-26-50(56,45(52)60)36-20-12-32(13-21-36)38-24-25-39(40(38)34-16-18-35(19-17-34)49(5,6)7)33-14-22-37(23-15-33)51(46(53)61)27-11-29-57(51)44(59)42(31(3)4)55(9)48(64)65/h12-23,30-31,38,41-42H,10-11,24-29H2,1-9H3,(H2,52,60)(H2,53,61)(H,62,63)(H,64,65)/t38?,41-,42-,50-,51-/m0/s1. The molecule has 3 aromatic carbocycles. The van der Waals surface area contributed by atoms with Crippen LogP contribution in [0.3, 0.4) is 0 Å². The number of rotatable bonds is 13. The minimum atomic E-state index is -1.45. The highest BCUT2D eigenvalue weighted by atomic mass is 16.4. The lowest BCUT2D eigenvalue weighted by atomic mass is 9.81. The molecule has 0 bridgehead atoms. The molecule has 6 amide bonds. The molecule has 348 valence electrons. The first-order valence-electron chi connectivity index (χ1n) is 22.7. The number of benzene rings is 3. The lowest BCUT2D eigenvalue weighted by Crippen LogP contribution is -2.59. The van der Waals surface area contributed by atoms with E-state index < -0.39 is 59.0 Å². The average molecular weight is 891 g/mol. The number of likely N-dealkylation sites (tertiary alicyclic amines) is 2. The van der Waals surface area contributed by atoms with E-state index in [0.717, 1.165) is 50.5 Å². The number of amides is 6. The Bertz CT molecular complexity index is 2350. The van der Waals surface area contributed by atoms with E-state index in [9.17, 15) is 39.0 Å². The molecule has 6 rings (SSSR count). The third-order valence-corrected chi connectivity index (χ3v) is 14.2. The number of hydrogen-bond donors (Lipinski definition) is 4. The molecule has 6 N–H and O–H groups in total. The SMILES string of the molecule is CC(C)[C@@H](C(=O)N1CCC[C@@]1(C(N)=O)c1ccc(C2=C(c3ccc(C(C)(C)C)cc3)C(c3ccc([C@]4(C(N)=O)CCCN4C(=O)[C@H](C(C)C)N(C)C(=O)O)cc3)CC2)cc1)N(C)C(=O)O. The molecular weight excluding hydrogens is 825 g/mol. The van der Waals surface area contributed by atoms with Gasteiger partial charge in [0.05, 0.1) is 0 Å². The zero-order valence-electron chi connectivity index (χ0n) is 39.3. The normalized spacial score (nSPS) is 22.0. The summed E-state index contributed by atoms with van der Waals surface area (Å²) < 4.78 is 0. The molecule has 0 spiro atoms. The third-order valence-electron chi connectivity index (χ3n) is 14.2. The first-order chi connectivity index (χ1) is 30.5. The lowest BCUT2D eigenvalue weighted by molar-refractivity contribution is -0.148. The van der Waals surface area contributed by atoms with Crippen LogP contribution in [-0.2, 0) is 35.7 Å². The van der Waals surface area contributed by atoms with Crippen molar-refractivity contribution in [3.05, 3.63) is 106 Å². The molecule has 2 heterocycles. The molecule has 14 nitrogen and oxygen atoms in total. The van der Waals surface area contributed by atoms with Crippen molar-refractivity contribution in [1.82, 2.24) is 19.6 Å². The van der Waals surface area contributed by atoms with E-state index in [4.69, 9.17) is 11.5 Å². The number of allylic oxidation sites excluding steroid dienone is 2. The maximum Gasteiger partial charge on any atom is 0.407 e. The van der Waals surface area contributed by atoms with E-state index in [2.05, 4.69) is 45.0 Å². The Morgan fingerprint density at radius 2 is 1.05 bits per heavy atom. The van der Waals surface area contributed by atoms with Crippen molar-refractivity contribution in [1.29, 1.82) is 0 Å². The molecule has 0 aromatic heterocycles. The molecule has 14 heteroatoms. The van der Waals surface area contributed by atoms with Crippen molar-refractivity contribution in [2.24, 2.45) is 23.3 Å². The number of carbonyl (C=O) groups excluding carboxylic acids is 4. The monoisotopic (exact) mass is 890 g/mol. The molecule has 0 saturated carbocycles. The Labute approximate surface area is 382 Å². The van der Waals surface area contributed by atoms with Gasteiger partial charge in [0.25, 0.3) is 0 Å². The van der Waals surface area contributed by atoms with E-state index in [1.807, 2.05) is 48.5 Å². The van der Waals surface area contributed by atoms with Gasteiger partial charge < -0.3 is 31.5 Å². The van der Waals surface area contributed by atoms with Gasteiger partial charge >= 0.3 is 12.2 Å². The maximum atomic E-state index is 14.2. The second-order valence-corrected chi connectivity index (χ2v) is 19.8. The van der Waals surface area contributed by atoms with Crippen molar-refractivity contribution in [3.63, 3.8) is 0 Å². The minimum Gasteiger partial charge on any atom is -0.465 e. The number of likely N-dealkylation sites (N-methyl/N-ethyl adjacent to an activating group) is 2. The van der Waals surface area contributed by atoms with Crippen molar-refractivity contribution in [2.75, 3.05) is 27.2 Å². The number of carbonyl (C=O) groups is 6. The predicted octanol–water partition coefficient (Wildman–Crippen LogP) is 7.35. The topological polar surface area (TPSA) is 208 Å². The Morgan fingerprint density at radius 3 is 1.42 bits per heavy atom. The molecule has 3 aliphatic rings. The van der Waals surface area contributed by atoms with Gasteiger partial charge in [-0.25, -0.2) is 9.59 Å². The lowest BCUT2D eigenvalue weighted by Gasteiger charge is -2.40. The molecule has 2 saturated heterocycles. The quantitative estimate of drug-likeness (QED) is 0.136. The maximum absolute atomic E-state index is 14.2. The smallest absolute Gasteiger partial charge is 0.407 e. The van der Waals surface area contributed by atoms with Crippen LogP contribution in [0.4, 0.5) is 9.59 Å². The fourth-order valence-electron chi connectivity index (χ4n) is 10.9. The van der Waals surface area contributed by atoms with Crippen LogP contribution in [0.1, 0.15) is 126 Å². The van der Waals surface area contributed by atoms with Crippen LogP contribution in [0.15, 0.2) is 72.8 Å². The van der Waals surface area contributed by atoms with Gasteiger partial charge in [-0.1, -0.05) is 121 Å². The van der Waals surface area contributed by atoms with Crippen molar-refractivity contribution in [2.45, 2.75) is 121 Å². The van der Waals surface area contributed by atoms with Crippen molar-refractivity contribution < 1.29 is 39.0 Å². The number of carboxylic acid groups (broad SMARTS) is 2. The highest BCUT2D eigenvalue weighted by molar-refractivity contribution is 5.98. The third kappa shape index (κ3) is 8.59. The largest absolute Gasteiger partial charge is 0.465 e. The molecule has 65 heavy (non-hydrogen) atoms. The summed E-state index contributed by atoms with van der Waals surface area (Å²) in [6.45, 7) is 14.2. The molecular formula is C51H66N6O8. The summed E-state index contributed by atoms with van der Waals surface area (Å²) in [5.74, 6) is -3.02. The van der Waals surface area contributed by atoms with Gasteiger partial charge in [-0.15, -0.1) is 0 Å². The zero-order valence-corrected chi connectivity index (χ0v) is 39.3. The second-order valence-electron chi connectivity index (χ2n) is 19.8. The first kappa shape index (κ1) is 48.3. The summed E-state index contributed by atoms with van der Waals surface area (Å²) in [6, 6.07) is 22.0. The Balaban J connectivity index is 1.41. The summed E-state index contributed by atoms with van der Waals surface area (Å²) in [5, 5.41) is 19.6. The van der Waals surface area contributed by atoms with Crippen LogP contribution in [0.25, 0.3) is 11.1 Å². The Hall–Kier alpha value is -6.18. The molecule has 2 fully saturated rings. The summed E-state index contributed by atoms with van der Waals surface area (Å²) in [4.78, 5) is 84.5. The van der Waals surface area contributed by atoms with Gasteiger partial charge in [0, 0.05) is 33.1 Å². The van der Waals surface area contributed by atoms with Crippen LogP contribution < -0.4 is 11.5 Å².